The van der Waals surface area contributed by atoms with Crippen molar-refractivity contribution in [1.29, 1.82) is 5.26 Å². The molecule has 5 nitrogen and oxygen atoms in total. The number of hydrogen-bond donors (Lipinski definition) is 0. The Hall–Kier alpha value is -2.78. The van der Waals surface area contributed by atoms with E-state index in [9.17, 15) is 9.65 Å². The van der Waals surface area contributed by atoms with Gasteiger partial charge in [-0.1, -0.05) is 12.1 Å². The maximum Gasteiger partial charge on any atom is 0.158 e. The quantitative estimate of drug-likeness (QED) is 0.720. The van der Waals surface area contributed by atoms with Crippen LogP contribution in [0.5, 0.6) is 0 Å². The number of aromatic nitrogens is 3. The second-order valence-electron chi connectivity index (χ2n) is 6.53. The monoisotopic (exact) mass is 335 g/mol. The first-order valence-electron chi connectivity index (χ1n) is 8.38. The van der Waals surface area contributed by atoms with Crippen LogP contribution in [0.1, 0.15) is 24.4 Å². The molecule has 0 unspecified atom stereocenters. The predicted octanol–water partition coefficient (Wildman–Crippen LogP) is 3.38. The lowest BCUT2D eigenvalue weighted by molar-refractivity contribution is 0.215. The molecule has 1 aromatic carbocycles. The fraction of sp³-hybridized carbons (Fsp3) is 0.316. The number of pyridine rings is 1. The fourth-order valence-corrected chi connectivity index (χ4v) is 3.47. The third-order valence-electron chi connectivity index (χ3n) is 4.90. The van der Waals surface area contributed by atoms with Crippen LogP contribution >= 0.6 is 0 Å². The van der Waals surface area contributed by atoms with Crippen molar-refractivity contribution in [3.05, 3.63) is 48.0 Å². The van der Waals surface area contributed by atoms with Gasteiger partial charge in [0.05, 0.1) is 17.8 Å². The molecular formula is C19H18FN5. The van der Waals surface area contributed by atoms with Gasteiger partial charge < -0.3 is 4.90 Å². The summed E-state index contributed by atoms with van der Waals surface area (Å²) in [5.74, 6) is -0.512. The summed E-state index contributed by atoms with van der Waals surface area (Å²) in [6.07, 6.45) is 5.61. The van der Waals surface area contributed by atoms with Crippen molar-refractivity contribution in [3.8, 4) is 17.2 Å². The zero-order valence-corrected chi connectivity index (χ0v) is 14.0. The van der Waals surface area contributed by atoms with Gasteiger partial charge in [0.15, 0.2) is 5.65 Å². The van der Waals surface area contributed by atoms with Crippen LogP contribution in [0.3, 0.4) is 0 Å². The minimum absolute atomic E-state index is 0.0476. The standard InChI is InChI=1S/C19H18FN5/c1-24-7-5-15(6-8-24)25-19-14(12-23-25)9-13(11-22-19)16-3-2-4-18(20)17(16)10-21/h2-4,9,11-12,15H,5-8H2,1H3. The van der Waals surface area contributed by atoms with E-state index < -0.39 is 5.82 Å². The zero-order chi connectivity index (χ0) is 17.4. The van der Waals surface area contributed by atoms with Gasteiger partial charge in [-0.2, -0.15) is 10.4 Å². The Morgan fingerprint density at radius 3 is 2.80 bits per heavy atom. The van der Waals surface area contributed by atoms with Gasteiger partial charge in [0.25, 0.3) is 0 Å². The molecule has 126 valence electrons. The molecule has 4 rings (SSSR count). The van der Waals surface area contributed by atoms with Gasteiger partial charge in [-0.15, -0.1) is 0 Å². The normalized spacial score (nSPS) is 16.2. The number of piperidine rings is 1. The van der Waals surface area contributed by atoms with Gasteiger partial charge in [-0.25, -0.2) is 14.1 Å². The molecule has 0 aliphatic carbocycles. The van der Waals surface area contributed by atoms with Gasteiger partial charge in [0.1, 0.15) is 11.9 Å². The van der Waals surface area contributed by atoms with E-state index in [1.54, 1.807) is 24.5 Å². The predicted molar refractivity (Wildman–Crippen MR) is 93.4 cm³/mol. The van der Waals surface area contributed by atoms with Crippen LogP contribution in [0.2, 0.25) is 0 Å². The smallest absolute Gasteiger partial charge is 0.158 e. The van der Waals surface area contributed by atoms with Crippen molar-refractivity contribution < 1.29 is 4.39 Å². The van der Waals surface area contributed by atoms with Crippen molar-refractivity contribution >= 4 is 11.0 Å². The van der Waals surface area contributed by atoms with Crippen molar-refractivity contribution in [2.45, 2.75) is 18.9 Å². The molecule has 0 atom stereocenters. The largest absolute Gasteiger partial charge is 0.306 e. The summed E-state index contributed by atoms with van der Waals surface area (Å²) in [6, 6.07) is 8.88. The first-order valence-corrected chi connectivity index (χ1v) is 8.38. The molecule has 3 aromatic rings. The Morgan fingerprint density at radius 2 is 2.04 bits per heavy atom. The summed E-state index contributed by atoms with van der Waals surface area (Å²) in [5.41, 5.74) is 2.18. The molecular weight excluding hydrogens is 317 g/mol. The van der Waals surface area contributed by atoms with Crippen LogP contribution in [-0.4, -0.2) is 39.8 Å². The number of benzene rings is 1. The Morgan fingerprint density at radius 1 is 1.24 bits per heavy atom. The number of nitrogens with zero attached hydrogens (tertiary/aromatic N) is 5. The van der Waals surface area contributed by atoms with Crippen LogP contribution in [-0.2, 0) is 0 Å². The van der Waals surface area contributed by atoms with E-state index in [-0.39, 0.29) is 5.56 Å². The van der Waals surface area contributed by atoms with E-state index in [2.05, 4.69) is 22.0 Å². The zero-order valence-electron chi connectivity index (χ0n) is 14.0. The molecule has 6 heteroatoms. The molecule has 1 fully saturated rings. The van der Waals surface area contributed by atoms with Crippen LogP contribution in [0.25, 0.3) is 22.2 Å². The highest BCUT2D eigenvalue weighted by molar-refractivity contribution is 5.82. The number of rotatable bonds is 2. The lowest BCUT2D eigenvalue weighted by Crippen LogP contribution is -2.31. The second kappa shape index (κ2) is 6.26. The second-order valence-corrected chi connectivity index (χ2v) is 6.53. The molecule has 0 spiro atoms. The molecule has 1 saturated heterocycles. The highest BCUT2D eigenvalue weighted by Crippen LogP contribution is 2.29. The van der Waals surface area contributed by atoms with Crippen molar-refractivity contribution in [3.63, 3.8) is 0 Å². The van der Waals surface area contributed by atoms with E-state index in [1.165, 1.54) is 6.07 Å². The van der Waals surface area contributed by atoms with Crippen molar-refractivity contribution in [1.82, 2.24) is 19.7 Å². The van der Waals surface area contributed by atoms with E-state index in [0.29, 0.717) is 11.6 Å². The average molecular weight is 335 g/mol. The molecule has 0 bridgehead atoms. The van der Waals surface area contributed by atoms with E-state index >= 15 is 0 Å². The number of hydrogen-bond acceptors (Lipinski definition) is 4. The third-order valence-corrected chi connectivity index (χ3v) is 4.90. The topological polar surface area (TPSA) is 57.7 Å². The summed E-state index contributed by atoms with van der Waals surface area (Å²) in [6.45, 7) is 2.11. The van der Waals surface area contributed by atoms with Crippen LogP contribution in [0.15, 0.2) is 36.7 Å². The Kier molecular flexibility index (Phi) is 3.94. The fourth-order valence-electron chi connectivity index (χ4n) is 3.47. The van der Waals surface area contributed by atoms with Crippen LogP contribution in [0, 0.1) is 17.1 Å². The van der Waals surface area contributed by atoms with E-state index in [1.807, 2.05) is 16.8 Å². The van der Waals surface area contributed by atoms with Crippen molar-refractivity contribution in [2.75, 3.05) is 20.1 Å². The SMILES string of the molecule is CN1CCC(n2ncc3cc(-c4cccc(F)c4C#N)cnc32)CC1. The van der Waals surface area contributed by atoms with E-state index in [4.69, 9.17) is 0 Å². The first kappa shape index (κ1) is 15.7. The number of likely N-dealkylation sites (tertiary alicyclic amines) is 1. The van der Waals surface area contributed by atoms with Gasteiger partial charge in [-0.05, 0) is 45.1 Å². The summed E-state index contributed by atoms with van der Waals surface area (Å²) in [4.78, 5) is 6.89. The molecule has 2 aromatic heterocycles. The Bertz CT molecular complexity index is 964. The average Bonchev–Trinajstić information content (AvgIpc) is 3.05. The van der Waals surface area contributed by atoms with Crippen molar-refractivity contribution in [2.24, 2.45) is 0 Å². The maximum atomic E-state index is 13.9. The third kappa shape index (κ3) is 2.77. The summed E-state index contributed by atoms with van der Waals surface area (Å²) >= 11 is 0. The molecule has 3 heterocycles. The van der Waals surface area contributed by atoms with Gasteiger partial charge in [0.2, 0.25) is 0 Å². The Balaban J connectivity index is 1.74. The molecule has 0 amide bonds. The minimum Gasteiger partial charge on any atom is -0.306 e. The molecule has 0 N–H and O–H groups in total. The maximum absolute atomic E-state index is 13.9. The van der Waals surface area contributed by atoms with Gasteiger partial charge in [0, 0.05) is 22.7 Å². The lowest BCUT2D eigenvalue weighted by Gasteiger charge is -2.29. The molecule has 1 aliphatic rings. The van der Waals surface area contributed by atoms with E-state index in [0.717, 1.165) is 42.5 Å². The summed E-state index contributed by atoms with van der Waals surface area (Å²) < 4.78 is 15.9. The molecule has 0 saturated carbocycles. The highest BCUT2D eigenvalue weighted by Gasteiger charge is 2.21. The van der Waals surface area contributed by atoms with Crippen LogP contribution < -0.4 is 0 Å². The number of nitriles is 1. The summed E-state index contributed by atoms with van der Waals surface area (Å²) in [5, 5.41) is 14.7. The summed E-state index contributed by atoms with van der Waals surface area (Å²) in [7, 11) is 2.13. The van der Waals surface area contributed by atoms with Crippen LogP contribution in [0.4, 0.5) is 4.39 Å². The number of halogens is 1. The minimum atomic E-state index is -0.512. The molecule has 0 radical (unpaired) electrons. The lowest BCUT2D eigenvalue weighted by atomic mass is 10.0. The first-order chi connectivity index (χ1) is 12.2. The number of fused-ring (bicyclic) bond motifs is 1. The van der Waals surface area contributed by atoms with Gasteiger partial charge in [-0.3, -0.25) is 0 Å². The van der Waals surface area contributed by atoms with Gasteiger partial charge >= 0.3 is 0 Å². The highest BCUT2D eigenvalue weighted by atomic mass is 19.1. The Labute approximate surface area is 145 Å². The molecule has 1 aliphatic heterocycles. The molecule has 25 heavy (non-hydrogen) atoms.